The normalized spacial score (nSPS) is 19.5. The Morgan fingerprint density at radius 3 is 2.73 bits per heavy atom. The second-order valence-electron chi connectivity index (χ2n) is 12.1. The molecule has 45 heavy (non-hydrogen) atoms. The number of rotatable bonds is 7. The van der Waals surface area contributed by atoms with Crippen molar-refractivity contribution >= 4 is 45.0 Å². The lowest BCUT2D eigenvalue weighted by Gasteiger charge is -2.39. The average Bonchev–Trinajstić information content (AvgIpc) is 3.63. The van der Waals surface area contributed by atoms with E-state index < -0.39 is 17.8 Å². The van der Waals surface area contributed by atoms with Crippen molar-refractivity contribution in [3.05, 3.63) is 77.6 Å². The van der Waals surface area contributed by atoms with Gasteiger partial charge >= 0.3 is 6.01 Å². The van der Waals surface area contributed by atoms with Crippen LogP contribution in [0.2, 0.25) is 5.02 Å². The summed E-state index contributed by atoms with van der Waals surface area (Å²) >= 11 is 6.66. The van der Waals surface area contributed by atoms with Crippen molar-refractivity contribution in [3.8, 4) is 17.1 Å². The number of halogens is 2. The molecule has 7 rings (SSSR count). The molecule has 0 aliphatic carbocycles. The first-order valence-corrected chi connectivity index (χ1v) is 15.7. The molecule has 1 atom stereocenters. The zero-order valence-electron chi connectivity index (χ0n) is 24.9. The van der Waals surface area contributed by atoms with E-state index in [9.17, 15) is 9.18 Å². The zero-order chi connectivity index (χ0) is 31.1. The summed E-state index contributed by atoms with van der Waals surface area (Å²) in [6.07, 6.45) is 8.13. The molecule has 230 valence electrons. The highest BCUT2D eigenvalue weighted by molar-refractivity contribution is 6.36. The standard InChI is InChI=1S/C34H33ClFN7O2/c1-22(36)32(44)43-15-14-41(20-25(43)18-37-2)31-26-9-8-23(27-19-38-17-24-6-3-7-28(35)30(24)27)16-29(26)39-33(40-31)45-21-34-10-4-12-42(34)13-5-11-34/h3,6-9,16-17,19,25H,1,4-5,10-15,18,20-21H2/t25-/m0/s1. The van der Waals surface area contributed by atoms with Gasteiger partial charge in [-0.2, -0.15) is 9.97 Å². The van der Waals surface area contributed by atoms with E-state index in [4.69, 9.17) is 32.9 Å². The number of anilines is 1. The number of fused-ring (bicyclic) bond motifs is 3. The van der Waals surface area contributed by atoms with Gasteiger partial charge in [0, 0.05) is 58.8 Å². The number of carbonyl (C=O) groups is 1. The Bertz CT molecular complexity index is 1840. The Labute approximate surface area is 266 Å². The molecule has 5 heterocycles. The van der Waals surface area contributed by atoms with Crippen molar-refractivity contribution in [2.24, 2.45) is 0 Å². The number of piperazine rings is 1. The van der Waals surface area contributed by atoms with Crippen molar-refractivity contribution in [1.29, 1.82) is 0 Å². The van der Waals surface area contributed by atoms with Crippen LogP contribution in [-0.2, 0) is 4.79 Å². The smallest absolute Gasteiger partial charge is 0.319 e. The van der Waals surface area contributed by atoms with Crippen LogP contribution < -0.4 is 9.64 Å². The van der Waals surface area contributed by atoms with Crippen LogP contribution in [0, 0.1) is 6.57 Å². The minimum absolute atomic E-state index is 0.0210. The Morgan fingerprint density at radius 2 is 1.96 bits per heavy atom. The lowest BCUT2D eigenvalue weighted by Crippen LogP contribution is -2.56. The summed E-state index contributed by atoms with van der Waals surface area (Å²) in [5, 5.41) is 3.31. The Kier molecular flexibility index (Phi) is 7.76. The number of carbonyl (C=O) groups excluding carboxylic acids is 1. The SMILES string of the molecule is [C-]#[N+]C[C@H]1CN(c2nc(OCC34CCCN3CCC4)nc3cc(-c4cncc5cccc(Cl)c45)ccc23)CCN1C(=O)C(=C)F. The topological polar surface area (TPSA) is 79.1 Å². The van der Waals surface area contributed by atoms with Crippen LogP contribution in [0.25, 0.3) is 37.6 Å². The van der Waals surface area contributed by atoms with E-state index in [1.54, 1.807) is 6.20 Å². The molecule has 3 aliphatic heterocycles. The van der Waals surface area contributed by atoms with Crippen molar-refractivity contribution in [2.45, 2.75) is 37.3 Å². The number of hydrogen-bond acceptors (Lipinski definition) is 7. The highest BCUT2D eigenvalue weighted by atomic mass is 35.5. The van der Waals surface area contributed by atoms with Crippen molar-refractivity contribution in [1.82, 2.24) is 24.8 Å². The van der Waals surface area contributed by atoms with Crippen LogP contribution in [0.3, 0.4) is 0 Å². The average molecular weight is 626 g/mol. The number of hydrogen-bond donors (Lipinski definition) is 0. The minimum Gasteiger partial charge on any atom is -0.461 e. The molecule has 0 N–H and O–H groups in total. The Morgan fingerprint density at radius 1 is 1.13 bits per heavy atom. The van der Waals surface area contributed by atoms with E-state index in [1.165, 1.54) is 4.90 Å². The van der Waals surface area contributed by atoms with Gasteiger partial charge in [0.25, 0.3) is 5.91 Å². The van der Waals surface area contributed by atoms with Crippen LogP contribution in [0.4, 0.5) is 10.2 Å². The summed E-state index contributed by atoms with van der Waals surface area (Å²) in [5.41, 5.74) is 2.52. The molecule has 1 amide bonds. The first-order valence-electron chi connectivity index (χ1n) is 15.3. The second-order valence-corrected chi connectivity index (χ2v) is 12.5. The number of ether oxygens (including phenoxy) is 1. The van der Waals surface area contributed by atoms with Gasteiger partial charge in [0.15, 0.2) is 5.83 Å². The van der Waals surface area contributed by atoms with E-state index in [1.807, 2.05) is 47.5 Å². The van der Waals surface area contributed by atoms with Crippen LogP contribution in [0.15, 0.2) is 61.2 Å². The van der Waals surface area contributed by atoms with Gasteiger partial charge in [-0.15, -0.1) is 0 Å². The lowest BCUT2D eigenvalue weighted by atomic mass is 9.95. The largest absolute Gasteiger partial charge is 0.461 e. The van der Waals surface area contributed by atoms with Crippen LogP contribution in [-0.4, -0.2) is 88.1 Å². The molecule has 0 spiro atoms. The van der Waals surface area contributed by atoms with Gasteiger partial charge in [0.1, 0.15) is 18.5 Å². The summed E-state index contributed by atoms with van der Waals surface area (Å²) < 4.78 is 20.3. The van der Waals surface area contributed by atoms with Gasteiger partial charge in [0.05, 0.1) is 11.1 Å². The first-order chi connectivity index (χ1) is 21.9. The van der Waals surface area contributed by atoms with Gasteiger partial charge < -0.3 is 19.4 Å². The highest BCUT2D eigenvalue weighted by Crippen LogP contribution is 2.40. The molecule has 3 fully saturated rings. The molecule has 3 aliphatic rings. The number of pyridine rings is 1. The number of nitrogens with zero attached hydrogens (tertiary/aromatic N) is 7. The summed E-state index contributed by atoms with van der Waals surface area (Å²) in [5.74, 6) is -1.14. The number of aromatic nitrogens is 3. The van der Waals surface area contributed by atoms with Crippen LogP contribution in [0.1, 0.15) is 25.7 Å². The molecule has 11 heteroatoms. The van der Waals surface area contributed by atoms with E-state index in [0.717, 1.165) is 66.1 Å². The molecule has 9 nitrogen and oxygen atoms in total. The third-order valence-corrected chi connectivity index (χ3v) is 9.87. The quantitative estimate of drug-likeness (QED) is 0.186. The lowest BCUT2D eigenvalue weighted by molar-refractivity contribution is -0.131. The molecule has 0 saturated carbocycles. The highest BCUT2D eigenvalue weighted by Gasteiger charge is 2.45. The monoisotopic (exact) mass is 625 g/mol. The molecular formula is C34H33ClFN7O2. The minimum atomic E-state index is -1.02. The van der Waals surface area contributed by atoms with Gasteiger partial charge in [-0.05, 0) is 62.5 Å². The van der Waals surface area contributed by atoms with Crippen molar-refractivity contribution in [3.63, 3.8) is 0 Å². The third-order valence-electron chi connectivity index (χ3n) is 9.56. The van der Waals surface area contributed by atoms with Crippen molar-refractivity contribution in [2.75, 3.05) is 50.8 Å². The van der Waals surface area contributed by atoms with E-state index in [-0.39, 0.29) is 24.6 Å². The van der Waals surface area contributed by atoms with Crippen molar-refractivity contribution < 1.29 is 13.9 Å². The van der Waals surface area contributed by atoms with E-state index in [2.05, 4.69) is 21.3 Å². The number of amides is 1. The summed E-state index contributed by atoms with van der Waals surface area (Å²) in [7, 11) is 0. The number of benzene rings is 2. The maximum absolute atomic E-state index is 13.8. The molecule has 4 aromatic rings. The molecule has 2 aromatic carbocycles. The predicted octanol–water partition coefficient (Wildman–Crippen LogP) is 5.93. The fourth-order valence-electron chi connectivity index (χ4n) is 7.37. The summed E-state index contributed by atoms with van der Waals surface area (Å²) in [4.78, 5) is 36.4. The maximum Gasteiger partial charge on any atom is 0.319 e. The van der Waals surface area contributed by atoms with Crippen LogP contribution in [0.5, 0.6) is 6.01 Å². The first kappa shape index (κ1) is 29.4. The van der Waals surface area contributed by atoms with Gasteiger partial charge in [-0.3, -0.25) is 14.7 Å². The molecule has 0 radical (unpaired) electrons. The second kappa shape index (κ2) is 11.9. The third kappa shape index (κ3) is 5.34. The summed E-state index contributed by atoms with van der Waals surface area (Å²) in [6.45, 7) is 14.4. The van der Waals surface area contributed by atoms with Gasteiger partial charge in [0.2, 0.25) is 6.54 Å². The fourth-order valence-corrected chi connectivity index (χ4v) is 7.65. The molecule has 0 bridgehead atoms. The van der Waals surface area contributed by atoms with E-state index >= 15 is 0 Å². The van der Waals surface area contributed by atoms with Gasteiger partial charge in [-0.1, -0.05) is 36.4 Å². The molecular weight excluding hydrogens is 593 g/mol. The Balaban J connectivity index is 1.30. The molecule has 2 aromatic heterocycles. The molecule has 3 saturated heterocycles. The van der Waals surface area contributed by atoms with Crippen LogP contribution >= 0.6 is 11.6 Å². The van der Waals surface area contributed by atoms with Gasteiger partial charge in [-0.25, -0.2) is 11.0 Å². The zero-order valence-corrected chi connectivity index (χ0v) is 25.6. The fraction of sp³-hybridized carbons (Fsp3) is 0.382. The molecule has 0 unspecified atom stereocenters. The predicted molar refractivity (Wildman–Crippen MR) is 173 cm³/mol. The summed E-state index contributed by atoms with van der Waals surface area (Å²) in [6, 6.07) is 11.5. The maximum atomic E-state index is 13.8. The van der Waals surface area contributed by atoms with E-state index in [0.29, 0.717) is 36.1 Å². The Hall–Kier alpha value is -4.33.